The number of methoxy groups -OCH3 is 1. The number of amides is 1. The maximum atomic E-state index is 16.7. The molecular weight excluding hydrogens is 900 g/mol. The van der Waals surface area contributed by atoms with Crippen molar-refractivity contribution in [3.63, 3.8) is 0 Å². The van der Waals surface area contributed by atoms with Crippen molar-refractivity contribution in [1.29, 1.82) is 0 Å². The predicted octanol–water partition coefficient (Wildman–Crippen LogP) is 4.97. The van der Waals surface area contributed by atoms with Crippen LogP contribution in [0.1, 0.15) is 46.1 Å². The molecule has 17 heteroatoms. The van der Waals surface area contributed by atoms with Crippen LogP contribution >= 0.6 is 9.90 Å². The van der Waals surface area contributed by atoms with Gasteiger partial charge in [-0.15, -0.1) is 0 Å². The van der Waals surface area contributed by atoms with Crippen LogP contribution in [-0.4, -0.2) is 105 Å². The summed E-state index contributed by atoms with van der Waals surface area (Å²) in [7, 11) is -2.55. The summed E-state index contributed by atoms with van der Waals surface area (Å²) in [5.41, 5.74) is -0.977. The molecule has 1 N–H and O–H groups in total. The van der Waals surface area contributed by atoms with Crippen LogP contribution in [0.25, 0.3) is 32.9 Å². The van der Waals surface area contributed by atoms with Crippen molar-refractivity contribution in [3.8, 4) is 26.4 Å². The minimum Gasteiger partial charge on any atom is -0.813 e. The molecule has 2 aromatic heterocycles. The van der Waals surface area contributed by atoms with Crippen LogP contribution in [0.4, 0.5) is 19.4 Å². The smallest absolute Gasteiger partial charge is 0.153 e. The number of fused-ring (bicyclic) bond motifs is 2. The molecule has 0 saturated carbocycles. The number of anilines is 1. The van der Waals surface area contributed by atoms with E-state index in [2.05, 4.69) is 29.7 Å². The number of sulfone groups is 1. The van der Waals surface area contributed by atoms with Gasteiger partial charge in [-0.2, -0.15) is 9.90 Å². The maximum absolute atomic E-state index is 16.7. The normalized spacial score (nSPS) is 15.9. The number of hydrogen-bond donors (Lipinski definition) is 1. The predicted molar refractivity (Wildman–Crippen MR) is 197 cm³/mol. The minimum atomic E-state index is -4.00. The van der Waals surface area contributed by atoms with Crippen molar-refractivity contribution in [1.82, 2.24) is 19.9 Å². The second-order valence-electron chi connectivity index (χ2n) is 12.5. The second-order valence-corrected chi connectivity index (χ2v) is 15.5. The van der Waals surface area contributed by atoms with E-state index in [9.17, 15) is 13.2 Å². The van der Waals surface area contributed by atoms with Gasteiger partial charge in [0.15, 0.2) is 0 Å². The van der Waals surface area contributed by atoms with Crippen LogP contribution in [0.2, 0.25) is 0 Å². The molecule has 5 rings (SSSR count). The van der Waals surface area contributed by atoms with Gasteiger partial charge in [0.25, 0.3) is 0 Å². The first-order valence-electron chi connectivity index (χ1n) is 15.0. The number of carbonyl (C=O) groups is 1. The molecule has 4 aromatic rings. The molecule has 1 aliphatic heterocycles. The van der Waals surface area contributed by atoms with Gasteiger partial charge in [-0.05, 0) is 40.5 Å². The second kappa shape index (κ2) is 16.6. The molecule has 3 atom stereocenters. The van der Waals surface area contributed by atoms with E-state index in [0.29, 0.717) is 22.9 Å². The fourth-order valence-corrected chi connectivity index (χ4v) is 6.73. The van der Waals surface area contributed by atoms with Crippen molar-refractivity contribution >= 4 is 92.6 Å². The Labute approximate surface area is 316 Å². The fraction of sp³-hybridized carbons (Fsp3) is 0.394. The molecule has 0 bridgehead atoms. The van der Waals surface area contributed by atoms with Crippen LogP contribution in [0.3, 0.4) is 0 Å². The quantitative estimate of drug-likeness (QED) is 0.0489. The van der Waals surface area contributed by atoms with Gasteiger partial charge in [0.1, 0.15) is 5.60 Å². The number of pyridine rings is 1. The van der Waals surface area contributed by atoms with Crippen LogP contribution in [0.5, 0.6) is 5.75 Å². The Morgan fingerprint density at radius 2 is 1.90 bits per heavy atom. The van der Waals surface area contributed by atoms with Crippen molar-refractivity contribution in [3.05, 3.63) is 47.7 Å². The van der Waals surface area contributed by atoms with Crippen molar-refractivity contribution in [2.75, 3.05) is 32.0 Å². The molecule has 1 amide bonds. The molecule has 0 aliphatic carbocycles. The standard InChI is InChI=1S/C33H34F2N5O6S.H3P.H2S.Tl/c1-8-22-25(34)12-10-19-13-21(45-17-44-6)14-23(26(19)22)28-27(35)29-24(16-36-28)30(39-31(38-29)47(7,42)43)37-15-20-11-9-18(2)40(20)32(41)46-33(3,4)5;;;/h10,12-14,16,18,20H,9,11,15,17H2,2-7H3,(H,37,38,39);1H3;1H2;/p-1. The Morgan fingerprint density at radius 1 is 1.18 bits per heavy atom. The number of ether oxygens (including phenoxy) is 3. The van der Waals surface area contributed by atoms with Crippen LogP contribution in [0.15, 0.2) is 35.6 Å². The third-order valence-corrected chi connectivity index (χ3v) is 9.13. The number of nitrogens with zero attached hydrogens (tertiary/aromatic N) is 4. The van der Waals surface area contributed by atoms with Crippen LogP contribution in [-0.2, 0) is 32.8 Å². The van der Waals surface area contributed by atoms with Crippen molar-refractivity contribution < 1.29 is 36.2 Å². The molecule has 2 aromatic carbocycles. The van der Waals surface area contributed by atoms with E-state index < -0.39 is 38.3 Å². The minimum absolute atomic E-state index is 0. The largest absolute Gasteiger partial charge is 0.813 e. The SMILES string of the molecule is COCOc1cc(-c2ncc3c(NCC4CCC(C)N4C(=O)OC(C)(C)C)nc(S(C)(=O)=O)nc3c2F)c2c(C#[C][Tl])c(F)ccc2c1.P.[SH-]. The van der Waals surface area contributed by atoms with Gasteiger partial charge in [-0.3, -0.25) is 0 Å². The molecule has 1 aliphatic rings. The molecule has 11 nitrogen and oxygen atoms in total. The van der Waals surface area contributed by atoms with Gasteiger partial charge in [0.05, 0.1) is 6.04 Å². The van der Waals surface area contributed by atoms with Gasteiger partial charge >= 0.3 is 222 Å². The number of rotatable bonds is 8. The Bertz CT molecular complexity index is 2090. The van der Waals surface area contributed by atoms with Crippen molar-refractivity contribution in [2.24, 2.45) is 0 Å². The van der Waals surface area contributed by atoms with Gasteiger partial charge < -0.3 is 23.1 Å². The summed E-state index contributed by atoms with van der Waals surface area (Å²) in [5.74, 6) is 1.64. The molecule has 0 spiro atoms. The van der Waals surface area contributed by atoms with E-state index in [1.165, 1.54) is 31.5 Å². The van der Waals surface area contributed by atoms with Gasteiger partial charge in [-0.25, -0.2) is 4.79 Å². The van der Waals surface area contributed by atoms with Crippen LogP contribution < -0.4 is 10.1 Å². The molecule has 3 heterocycles. The molecule has 0 radical (unpaired) electrons. The van der Waals surface area contributed by atoms with Crippen LogP contribution in [0, 0.1) is 21.0 Å². The number of benzene rings is 2. The molecule has 266 valence electrons. The average Bonchev–Trinajstić information content (AvgIpc) is 3.39. The molecule has 1 saturated heterocycles. The number of aromatic nitrogens is 3. The summed E-state index contributed by atoms with van der Waals surface area (Å²) in [4.78, 5) is 27.5. The maximum Gasteiger partial charge on any atom is -0.153 e. The molecule has 3 unspecified atom stereocenters. The molecule has 50 heavy (non-hydrogen) atoms. The Morgan fingerprint density at radius 3 is 2.54 bits per heavy atom. The van der Waals surface area contributed by atoms with Crippen molar-refractivity contribution in [2.45, 2.75) is 63.4 Å². The fourth-order valence-electron chi connectivity index (χ4n) is 5.66. The Balaban J connectivity index is 0.00000338. The summed E-state index contributed by atoms with van der Waals surface area (Å²) in [6.45, 7) is 7.37. The summed E-state index contributed by atoms with van der Waals surface area (Å²) in [6.07, 6.45) is 3.19. The number of carbonyl (C=O) groups excluding carboxylic acids is 1. The summed E-state index contributed by atoms with van der Waals surface area (Å²) < 4.78 is 76.4. The average molecular weight is 938 g/mol. The third kappa shape index (κ3) is 8.93. The number of halogens is 2. The first kappa shape index (κ1) is 41.5. The number of hydrogen-bond acceptors (Lipinski definition) is 11. The first-order valence-corrected chi connectivity index (χ1v) is 19.2. The number of likely N-dealkylation sites (tertiary alicyclic amines) is 1. The van der Waals surface area contributed by atoms with E-state index in [1.807, 2.05) is 6.92 Å². The van der Waals surface area contributed by atoms with Gasteiger partial charge in [0.2, 0.25) is 0 Å². The molecule has 1 fully saturated rings. The Hall–Kier alpha value is -2.91. The zero-order valence-electron chi connectivity index (χ0n) is 28.5. The monoisotopic (exact) mass is 938 g/mol. The zero-order chi connectivity index (χ0) is 35.0. The first-order chi connectivity index (χ1) is 22.6. The van der Waals surface area contributed by atoms with Gasteiger partial charge in [0, 0.05) is 6.04 Å². The number of thiol groups is 1. The number of nitrogens with one attached hydrogen (secondary N) is 1. The summed E-state index contributed by atoms with van der Waals surface area (Å²) in [5, 5.41) is 3.46. The molecular formula is C33H38F2N5O6PS2Tl-. The van der Waals surface area contributed by atoms with E-state index in [-0.39, 0.29) is 108 Å². The Kier molecular flexibility index (Phi) is 13.8. The summed E-state index contributed by atoms with van der Waals surface area (Å²) >= 11 is 0.258. The zero-order valence-corrected chi connectivity index (χ0v) is 36.1. The topological polar surface area (TPSA) is 133 Å². The van der Waals surface area contributed by atoms with E-state index in [4.69, 9.17) is 14.2 Å². The van der Waals surface area contributed by atoms with Gasteiger partial charge in [-0.1, -0.05) is 0 Å². The van der Waals surface area contributed by atoms with E-state index in [1.54, 1.807) is 31.7 Å². The third-order valence-electron chi connectivity index (χ3n) is 7.73. The van der Waals surface area contributed by atoms with E-state index in [0.717, 1.165) is 12.7 Å². The van der Waals surface area contributed by atoms with E-state index >= 15 is 8.78 Å². The summed E-state index contributed by atoms with van der Waals surface area (Å²) in [6, 6.07) is 5.58.